The van der Waals surface area contributed by atoms with Gasteiger partial charge in [0, 0.05) is 18.4 Å². The molecule has 1 saturated carbocycles. The van der Waals surface area contributed by atoms with Gasteiger partial charge in [0.2, 0.25) is 15.9 Å². The van der Waals surface area contributed by atoms with E-state index in [0.717, 1.165) is 30.4 Å². The molecule has 8 heteroatoms. The fraction of sp³-hybridized carbons (Fsp3) is 0.417. The number of halogens is 1. The highest BCUT2D eigenvalue weighted by molar-refractivity contribution is 7.89. The Morgan fingerprint density at radius 1 is 1.03 bits per heavy atom. The van der Waals surface area contributed by atoms with Crippen molar-refractivity contribution in [1.29, 1.82) is 0 Å². The number of hydrogen-bond acceptors (Lipinski definition) is 5. The molecule has 0 spiro atoms. The molecule has 0 amide bonds. The van der Waals surface area contributed by atoms with Gasteiger partial charge in [-0.15, -0.1) is 0 Å². The van der Waals surface area contributed by atoms with Gasteiger partial charge in [-0.2, -0.15) is 9.29 Å². The van der Waals surface area contributed by atoms with Gasteiger partial charge in [0.15, 0.2) is 5.82 Å². The van der Waals surface area contributed by atoms with E-state index in [1.165, 1.54) is 12.1 Å². The lowest BCUT2D eigenvalue weighted by Crippen LogP contribution is -2.37. The highest BCUT2D eigenvalue weighted by Crippen LogP contribution is 2.42. The monoisotopic (exact) mass is 455 g/mol. The number of benzene rings is 2. The van der Waals surface area contributed by atoms with Gasteiger partial charge in [-0.1, -0.05) is 35.0 Å². The zero-order valence-electron chi connectivity index (χ0n) is 17.9. The predicted octanol–water partition coefficient (Wildman–Crippen LogP) is 4.92. The van der Waals surface area contributed by atoms with Gasteiger partial charge in [-0.05, 0) is 68.9 Å². The van der Waals surface area contributed by atoms with Gasteiger partial charge in [0.05, 0.1) is 10.9 Å². The van der Waals surface area contributed by atoms with Crippen LogP contribution in [0.3, 0.4) is 0 Å². The van der Waals surface area contributed by atoms with E-state index in [9.17, 15) is 12.8 Å². The van der Waals surface area contributed by atoms with Crippen LogP contribution >= 0.6 is 0 Å². The summed E-state index contributed by atoms with van der Waals surface area (Å²) in [5, 5.41) is 4.08. The Bertz CT molecular complexity index is 1190. The van der Waals surface area contributed by atoms with E-state index < -0.39 is 10.0 Å². The van der Waals surface area contributed by atoms with Gasteiger partial charge in [0.25, 0.3) is 0 Å². The molecule has 2 aromatic carbocycles. The quantitative estimate of drug-likeness (QED) is 0.505. The zero-order valence-corrected chi connectivity index (χ0v) is 18.8. The Balaban J connectivity index is 1.43. The summed E-state index contributed by atoms with van der Waals surface area (Å²) in [5.41, 5.74) is 1.81. The second-order valence-electron chi connectivity index (χ2n) is 8.81. The molecule has 2 aliphatic rings. The van der Waals surface area contributed by atoms with Crippen molar-refractivity contribution in [2.45, 2.75) is 68.3 Å². The molecule has 3 aromatic rings. The minimum Gasteiger partial charge on any atom is -0.339 e. The molecule has 1 aromatic heterocycles. The van der Waals surface area contributed by atoms with Crippen molar-refractivity contribution in [2.75, 3.05) is 0 Å². The van der Waals surface area contributed by atoms with Crippen LogP contribution in [0, 0.1) is 12.7 Å². The lowest BCUT2D eigenvalue weighted by atomic mass is 10.0. The molecule has 1 aliphatic heterocycles. The molecule has 5 rings (SSSR count). The Hall–Kier alpha value is -2.58. The molecule has 0 radical (unpaired) electrons. The molecular weight excluding hydrogens is 429 g/mol. The molecule has 1 aliphatic carbocycles. The van der Waals surface area contributed by atoms with Crippen molar-refractivity contribution in [3.63, 3.8) is 0 Å². The lowest BCUT2D eigenvalue weighted by molar-refractivity contribution is 0.310. The predicted molar refractivity (Wildman–Crippen MR) is 117 cm³/mol. The normalized spacial score (nSPS) is 21.8. The maximum absolute atomic E-state index is 13.7. The van der Waals surface area contributed by atoms with Crippen molar-refractivity contribution in [3.8, 4) is 0 Å². The molecular formula is C24H26FN3O3S. The van der Waals surface area contributed by atoms with E-state index in [0.29, 0.717) is 36.9 Å². The third kappa shape index (κ3) is 4.21. The fourth-order valence-electron chi connectivity index (χ4n) is 4.49. The molecule has 0 bridgehead atoms. The molecule has 32 heavy (non-hydrogen) atoms. The van der Waals surface area contributed by atoms with Crippen LogP contribution in [-0.4, -0.2) is 28.9 Å². The van der Waals surface area contributed by atoms with Crippen molar-refractivity contribution >= 4 is 10.0 Å². The van der Waals surface area contributed by atoms with Crippen LogP contribution in [0.2, 0.25) is 0 Å². The minimum absolute atomic E-state index is 0.195. The highest BCUT2D eigenvalue weighted by atomic mass is 32.2. The third-order valence-corrected chi connectivity index (χ3v) is 8.38. The van der Waals surface area contributed by atoms with E-state index in [4.69, 9.17) is 4.52 Å². The lowest BCUT2D eigenvalue weighted by Gasteiger charge is -2.30. The van der Waals surface area contributed by atoms with E-state index in [2.05, 4.69) is 10.1 Å². The summed E-state index contributed by atoms with van der Waals surface area (Å²) in [6.45, 7) is 1.93. The first-order valence-corrected chi connectivity index (χ1v) is 12.5. The summed E-state index contributed by atoms with van der Waals surface area (Å²) >= 11 is 0. The first-order chi connectivity index (χ1) is 15.4. The molecule has 2 atom stereocenters. The topological polar surface area (TPSA) is 76.3 Å². The summed E-state index contributed by atoms with van der Waals surface area (Å²) in [6.07, 6.45) is 4.74. The fourth-order valence-corrected chi connectivity index (χ4v) is 6.37. The first-order valence-electron chi connectivity index (χ1n) is 11.1. The van der Waals surface area contributed by atoms with Crippen LogP contribution in [0.1, 0.15) is 66.9 Å². The standard InChI is InChI=1S/C24H26FN3O3S/c1-16-2-12-21(13-3-16)32(29,30)28-20(10-14-22(28)17-6-8-19(25)9-7-17)11-15-23-26-24(31-27-23)18-4-5-18/h2-3,6-9,12-13,18,20,22H,4-5,10-11,14-15H2,1H3. The Labute approximate surface area is 187 Å². The molecule has 2 unspecified atom stereocenters. The summed E-state index contributed by atoms with van der Waals surface area (Å²) in [7, 11) is -3.74. The van der Waals surface area contributed by atoms with Gasteiger partial charge >= 0.3 is 0 Å². The van der Waals surface area contributed by atoms with E-state index in [1.54, 1.807) is 28.6 Å². The van der Waals surface area contributed by atoms with E-state index in [-0.39, 0.29) is 22.8 Å². The smallest absolute Gasteiger partial charge is 0.243 e. The number of rotatable bonds is 7. The van der Waals surface area contributed by atoms with E-state index >= 15 is 0 Å². The van der Waals surface area contributed by atoms with Crippen LogP contribution in [0.5, 0.6) is 0 Å². The Morgan fingerprint density at radius 2 is 1.75 bits per heavy atom. The van der Waals surface area contributed by atoms with Gasteiger partial charge in [-0.3, -0.25) is 0 Å². The van der Waals surface area contributed by atoms with E-state index in [1.807, 2.05) is 19.1 Å². The molecule has 0 N–H and O–H groups in total. The minimum atomic E-state index is -3.74. The number of aromatic nitrogens is 2. The van der Waals surface area contributed by atoms with Gasteiger partial charge in [-0.25, -0.2) is 12.8 Å². The second kappa shape index (κ2) is 8.41. The molecule has 6 nitrogen and oxygen atoms in total. The summed E-state index contributed by atoms with van der Waals surface area (Å²) in [4.78, 5) is 4.76. The van der Waals surface area contributed by atoms with Crippen molar-refractivity contribution < 1.29 is 17.3 Å². The zero-order chi connectivity index (χ0) is 22.3. The van der Waals surface area contributed by atoms with Crippen LogP contribution < -0.4 is 0 Å². The second-order valence-corrected chi connectivity index (χ2v) is 10.7. The maximum atomic E-state index is 13.7. The van der Waals surface area contributed by atoms with Crippen molar-refractivity contribution in [1.82, 2.24) is 14.4 Å². The number of nitrogens with zero attached hydrogens (tertiary/aromatic N) is 3. The van der Waals surface area contributed by atoms with Crippen molar-refractivity contribution in [3.05, 3.63) is 77.2 Å². The Morgan fingerprint density at radius 3 is 2.44 bits per heavy atom. The summed E-state index contributed by atoms with van der Waals surface area (Å²) in [5.74, 6) is 1.38. The average Bonchev–Trinajstić information content (AvgIpc) is 3.36. The summed E-state index contributed by atoms with van der Waals surface area (Å²) < 4.78 is 47.9. The highest BCUT2D eigenvalue weighted by Gasteiger charge is 2.42. The van der Waals surface area contributed by atoms with Gasteiger partial charge < -0.3 is 4.52 Å². The third-order valence-electron chi connectivity index (χ3n) is 6.40. The number of sulfonamides is 1. The molecule has 1 saturated heterocycles. The Kier molecular flexibility index (Phi) is 5.59. The molecule has 168 valence electrons. The number of aryl methyl sites for hydroxylation is 2. The molecule has 2 fully saturated rings. The summed E-state index contributed by atoms with van der Waals surface area (Å²) in [6, 6.07) is 12.5. The van der Waals surface area contributed by atoms with Crippen LogP contribution in [-0.2, 0) is 16.4 Å². The first kappa shape index (κ1) is 21.3. The number of hydrogen-bond donors (Lipinski definition) is 0. The average molecular weight is 456 g/mol. The SMILES string of the molecule is Cc1ccc(S(=O)(=O)N2C(CCc3noc(C4CC4)n3)CCC2c2ccc(F)cc2)cc1. The van der Waals surface area contributed by atoms with Crippen molar-refractivity contribution in [2.24, 2.45) is 0 Å². The van der Waals surface area contributed by atoms with Crippen LogP contribution in [0.15, 0.2) is 57.9 Å². The van der Waals surface area contributed by atoms with Crippen LogP contribution in [0.25, 0.3) is 0 Å². The molecule has 2 heterocycles. The maximum Gasteiger partial charge on any atom is 0.243 e. The van der Waals surface area contributed by atoms with Crippen LogP contribution in [0.4, 0.5) is 4.39 Å². The van der Waals surface area contributed by atoms with Gasteiger partial charge in [0.1, 0.15) is 5.82 Å². The largest absolute Gasteiger partial charge is 0.339 e.